The average Bonchev–Trinajstić information content (AvgIpc) is 2.60. The van der Waals surface area contributed by atoms with E-state index in [0.717, 1.165) is 13.2 Å². The number of benzene rings is 2. The maximum absolute atomic E-state index is 13.3. The minimum Gasteiger partial charge on any atom is -0.488 e. The minimum atomic E-state index is -4.53. The minimum absolute atomic E-state index is 0.169. The number of ether oxygens (including phenoxy) is 3. The topological polar surface area (TPSA) is 44.8 Å². The van der Waals surface area contributed by atoms with E-state index in [1.807, 2.05) is 22.6 Å². The molecule has 0 spiro atoms. The standard InChI is InChI=1S/C18H16F3IO4/c1-3-11-7-8-16(13(9-11)18(19,20)21)25-10-12-14(22)5-4-6-15(12)26-17(23)24-2/h4-9H,3,10H2,1-2H3. The SMILES string of the molecule is CCc1ccc(OCc2c(I)cccc2OC(=O)OC)c(C(F)(F)F)c1. The lowest BCUT2D eigenvalue weighted by molar-refractivity contribution is -0.139. The van der Waals surface area contributed by atoms with Gasteiger partial charge in [0.05, 0.1) is 12.7 Å². The molecule has 140 valence electrons. The lowest BCUT2D eigenvalue weighted by Gasteiger charge is -2.17. The third-order valence-electron chi connectivity index (χ3n) is 3.57. The third kappa shape index (κ3) is 5.03. The van der Waals surface area contributed by atoms with Crippen molar-refractivity contribution in [1.29, 1.82) is 0 Å². The molecule has 0 saturated heterocycles. The summed E-state index contributed by atoms with van der Waals surface area (Å²) in [7, 11) is 1.16. The van der Waals surface area contributed by atoms with Crippen molar-refractivity contribution < 1.29 is 32.2 Å². The Morgan fingerprint density at radius 3 is 2.50 bits per heavy atom. The van der Waals surface area contributed by atoms with Crippen molar-refractivity contribution in [2.75, 3.05) is 7.11 Å². The van der Waals surface area contributed by atoms with Crippen LogP contribution in [0.2, 0.25) is 0 Å². The van der Waals surface area contributed by atoms with Gasteiger partial charge in [0.2, 0.25) is 0 Å². The Morgan fingerprint density at radius 1 is 1.15 bits per heavy atom. The summed E-state index contributed by atoms with van der Waals surface area (Å²) in [6, 6.07) is 8.87. The fourth-order valence-corrected chi connectivity index (χ4v) is 2.83. The summed E-state index contributed by atoms with van der Waals surface area (Å²) in [4.78, 5) is 11.3. The summed E-state index contributed by atoms with van der Waals surface area (Å²) in [6.07, 6.45) is -4.97. The van der Waals surface area contributed by atoms with Gasteiger partial charge in [-0.15, -0.1) is 0 Å². The van der Waals surface area contributed by atoms with E-state index in [1.54, 1.807) is 25.1 Å². The lowest BCUT2D eigenvalue weighted by atomic mass is 10.1. The van der Waals surface area contributed by atoms with Gasteiger partial charge in [0.25, 0.3) is 0 Å². The van der Waals surface area contributed by atoms with Crippen LogP contribution in [0.25, 0.3) is 0 Å². The predicted molar refractivity (Wildman–Crippen MR) is 97.3 cm³/mol. The molecule has 0 unspecified atom stereocenters. The van der Waals surface area contributed by atoms with E-state index in [-0.39, 0.29) is 18.1 Å². The van der Waals surface area contributed by atoms with Crippen molar-refractivity contribution >= 4 is 28.7 Å². The molecule has 0 aromatic heterocycles. The molecule has 26 heavy (non-hydrogen) atoms. The van der Waals surface area contributed by atoms with Gasteiger partial charge in [-0.2, -0.15) is 13.2 Å². The molecule has 0 aliphatic carbocycles. The van der Waals surface area contributed by atoms with Gasteiger partial charge in [0.15, 0.2) is 0 Å². The number of halogens is 4. The van der Waals surface area contributed by atoms with Gasteiger partial charge in [-0.25, -0.2) is 4.79 Å². The summed E-state index contributed by atoms with van der Waals surface area (Å²) in [6.45, 7) is 1.58. The van der Waals surface area contributed by atoms with Crippen LogP contribution in [0.1, 0.15) is 23.6 Å². The molecule has 0 heterocycles. The number of rotatable bonds is 5. The van der Waals surface area contributed by atoms with Crippen LogP contribution in [0.3, 0.4) is 0 Å². The van der Waals surface area contributed by atoms with Crippen molar-refractivity contribution in [2.24, 2.45) is 0 Å². The molecule has 0 atom stereocenters. The first-order valence-electron chi connectivity index (χ1n) is 7.62. The molecule has 8 heteroatoms. The Bertz CT molecular complexity index is 790. The highest BCUT2D eigenvalue weighted by Crippen LogP contribution is 2.38. The zero-order chi connectivity index (χ0) is 19.3. The van der Waals surface area contributed by atoms with Gasteiger partial charge < -0.3 is 14.2 Å². The van der Waals surface area contributed by atoms with Gasteiger partial charge in [0, 0.05) is 9.13 Å². The average molecular weight is 480 g/mol. The number of carbonyl (C=O) groups excluding carboxylic acids is 1. The van der Waals surface area contributed by atoms with Crippen LogP contribution >= 0.6 is 22.6 Å². The highest BCUT2D eigenvalue weighted by Gasteiger charge is 2.34. The first kappa shape index (κ1) is 20.3. The van der Waals surface area contributed by atoms with E-state index in [1.165, 1.54) is 12.1 Å². The molecule has 0 aliphatic heterocycles. The second-order valence-electron chi connectivity index (χ2n) is 5.24. The first-order chi connectivity index (χ1) is 12.3. The quantitative estimate of drug-likeness (QED) is 0.318. The molecule has 2 rings (SSSR count). The summed E-state index contributed by atoms with van der Waals surface area (Å²) >= 11 is 1.99. The molecule has 4 nitrogen and oxygen atoms in total. The molecule has 0 radical (unpaired) electrons. The predicted octanol–water partition coefficient (Wildman–Crippen LogP) is 5.60. The summed E-state index contributed by atoms with van der Waals surface area (Å²) in [5.41, 5.74) is 0.179. The van der Waals surface area contributed by atoms with Gasteiger partial charge in [0.1, 0.15) is 18.1 Å². The first-order valence-corrected chi connectivity index (χ1v) is 8.70. The number of hydrogen-bond donors (Lipinski definition) is 0. The summed E-state index contributed by atoms with van der Waals surface area (Å²) in [5, 5.41) is 0. The molecule has 2 aromatic rings. The molecule has 0 N–H and O–H groups in total. The lowest BCUT2D eigenvalue weighted by Crippen LogP contribution is -2.12. The monoisotopic (exact) mass is 480 g/mol. The van der Waals surface area contributed by atoms with Gasteiger partial charge in [-0.05, 0) is 58.8 Å². The fraction of sp³-hybridized carbons (Fsp3) is 0.278. The largest absolute Gasteiger partial charge is 0.513 e. The molecular formula is C18H16F3IO4. The zero-order valence-corrected chi connectivity index (χ0v) is 16.2. The van der Waals surface area contributed by atoms with E-state index in [0.29, 0.717) is 21.1 Å². The third-order valence-corrected chi connectivity index (χ3v) is 4.58. The molecule has 0 saturated carbocycles. The van der Waals surface area contributed by atoms with Crippen molar-refractivity contribution in [3.05, 3.63) is 56.7 Å². The van der Waals surface area contributed by atoms with Gasteiger partial charge >= 0.3 is 12.3 Å². The van der Waals surface area contributed by atoms with Crippen LogP contribution in [0.4, 0.5) is 18.0 Å². The number of aryl methyl sites for hydroxylation is 1. The normalized spacial score (nSPS) is 11.2. The van der Waals surface area contributed by atoms with Crippen LogP contribution in [0, 0.1) is 3.57 Å². The van der Waals surface area contributed by atoms with E-state index in [9.17, 15) is 18.0 Å². The molecular weight excluding hydrogens is 464 g/mol. The van der Waals surface area contributed by atoms with Crippen LogP contribution < -0.4 is 9.47 Å². The molecule has 2 aromatic carbocycles. The summed E-state index contributed by atoms with van der Waals surface area (Å²) < 4.78 is 55.5. The zero-order valence-electron chi connectivity index (χ0n) is 14.0. The fourth-order valence-electron chi connectivity index (χ4n) is 2.20. The second kappa shape index (κ2) is 8.61. The van der Waals surface area contributed by atoms with Crippen LogP contribution in [0.5, 0.6) is 11.5 Å². The van der Waals surface area contributed by atoms with Crippen molar-refractivity contribution in [2.45, 2.75) is 26.1 Å². The van der Waals surface area contributed by atoms with Crippen molar-refractivity contribution in [3.63, 3.8) is 0 Å². The van der Waals surface area contributed by atoms with Crippen molar-refractivity contribution in [1.82, 2.24) is 0 Å². The Balaban J connectivity index is 2.31. The van der Waals surface area contributed by atoms with Crippen LogP contribution in [-0.4, -0.2) is 13.3 Å². The number of hydrogen-bond acceptors (Lipinski definition) is 4. The highest BCUT2D eigenvalue weighted by atomic mass is 127. The van der Waals surface area contributed by atoms with Crippen molar-refractivity contribution in [3.8, 4) is 11.5 Å². The second-order valence-corrected chi connectivity index (χ2v) is 6.41. The summed E-state index contributed by atoms with van der Waals surface area (Å²) in [5.74, 6) is -0.110. The Kier molecular flexibility index (Phi) is 6.74. The number of carbonyl (C=O) groups is 1. The number of methoxy groups -OCH3 is 1. The van der Waals surface area contributed by atoms with E-state index >= 15 is 0 Å². The Labute approximate surface area is 162 Å². The van der Waals surface area contributed by atoms with Gasteiger partial charge in [-0.1, -0.05) is 19.1 Å². The maximum Gasteiger partial charge on any atom is 0.513 e. The smallest absolute Gasteiger partial charge is 0.488 e. The number of alkyl halides is 3. The van der Waals surface area contributed by atoms with E-state index < -0.39 is 17.9 Å². The van der Waals surface area contributed by atoms with Crippen LogP contribution in [-0.2, 0) is 23.9 Å². The Hall–Kier alpha value is -1.97. The van der Waals surface area contributed by atoms with E-state index in [4.69, 9.17) is 9.47 Å². The molecule has 0 amide bonds. The van der Waals surface area contributed by atoms with E-state index in [2.05, 4.69) is 4.74 Å². The highest BCUT2D eigenvalue weighted by molar-refractivity contribution is 14.1. The van der Waals surface area contributed by atoms with Gasteiger partial charge in [-0.3, -0.25) is 0 Å². The molecule has 0 bridgehead atoms. The molecule has 0 fully saturated rings. The molecule has 0 aliphatic rings. The Morgan fingerprint density at radius 2 is 1.88 bits per heavy atom. The van der Waals surface area contributed by atoms with Crippen LogP contribution in [0.15, 0.2) is 36.4 Å². The maximum atomic E-state index is 13.3.